The molecule has 0 aliphatic rings. The quantitative estimate of drug-likeness (QED) is 0.864. The molecular formula is C12H10N4O. The fourth-order valence-electron chi connectivity index (χ4n) is 1.28. The first kappa shape index (κ1) is 10.9. The summed E-state index contributed by atoms with van der Waals surface area (Å²) < 4.78 is 5.41. The summed E-state index contributed by atoms with van der Waals surface area (Å²) in [5.41, 5.74) is 6.45. The van der Waals surface area contributed by atoms with E-state index >= 15 is 0 Å². The zero-order valence-corrected chi connectivity index (χ0v) is 9.00. The summed E-state index contributed by atoms with van der Waals surface area (Å²) in [7, 11) is 0. The highest BCUT2D eigenvalue weighted by Crippen LogP contribution is 2.18. The summed E-state index contributed by atoms with van der Waals surface area (Å²) in [4.78, 5) is 7.85. The second-order valence-electron chi connectivity index (χ2n) is 3.34. The van der Waals surface area contributed by atoms with Gasteiger partial charge in [0.15, 0.2) is 0 Å². The molecule has 5 nitrogen and oxygen atoms in total. The molecule has 5 heteroatoms. The van der Waals surface area contributed by atoms with Crippen LogP contribution in [0.25, 0.3) is 0 Å². The normalized spacial score (nSPS) is 9.59. The first-order valence-corrected chi connectivity index (χ1v) is 5.00. The molecule has 1 aromatic carbocycles. The minimum Gasteiger partial charge on any atom is -0.424 e. The largest absolute Gasteiger partial charge is 0.424 e. The summed E-state index contributed by atoms with van der Waals surface area (Å²) >= 11 is 0. The highest BCUT2D eigenvalue weighted by atomic mass is 16.5. The minimum absolute atomic E-state index is 0.207. The molecule has 0 aliphatic carbocycles. The van der Waals surface area contributed by atoms with Crippen molar-refractivity contribution in [3.63, 3.8) is 0 Å². The molecule has 0 unspecified atom stereocenters. The average molecular weight is 226 g/mol. The number of nitrogen functional groups attached to an aromatic ring is 1. The molecule has 84 valence electrons. The van der Waals surface area contributed by atoms with Crippen molar-refractivity contribution in [1.29, 1.82) is 5.26 Å². The van der Waals surface area contributed by atoms with E-state index in [1.165, 1.54) is 6.20 Å². The van der Waals surface area contributed by atoms with Crippen molar-refractivity contribution in [3.8, 4) is 17.8 Å². The molecule has 0 bridgehead atoms. The molecule has 0 aliphatic heterocycles. The van der Waals surface area contributed by atoms with Crippen molar-refractivity contribution in [2.24, 2.45) is 0 Å². The van der Waals surface area contributed by atoms with Gasteiger partial charge in [-0.25, -0.2) is 4.98 Å². The Hall–Kier alpha value is -2.61. The predicted molar refractivity (Wildman–Crippen MR) is 62.3 cm³/mol. The van der Waals surface area contributed by atoms with Crippen LogP contribution in [0.15, 0.2) is 36.5 Å². The van der Waals surface area contributed by atoms with Gasteiger partial charge in [-0.1, -0.05) is 12.1 Å². The van der Waals surface area contributed by atoms with Crippen molar-refractivity contribution in [3.05, 3.63) is 42.1 Å². The number of ether oxygens (including phenoxy) is 1. The van der Waals surface area contributed by atoms with E-state index in [2.05, 4.69) is 16.0 Å². The predicted octanol–water partition coefficient (Wildman–Crippen LogP) is 1.92. The molecule has 1 aromatic heterocycles. The summed E-state index contributed by atoms with van der Waals surface area (Å²) in [5, 5.41) is 8.54. The van der Waals surface area contributed by atoms with Crippen LogP contribution in [-0.2, 0) is 6.42 Å². The lowest BCUT2D eigenvalue weighted by atomic mass is 10.2. The van der Waals surface area contributed by atoms with Gasteiger partial charge in [0.1, 0.15) is 11.6 Å². The van der Waals surface area contributed by atoms with Crippen molar-refractivity contribution < 1.29 is 4.74 Å². The maximum Gasteiger partial charge on any atom is 0.323 e. The van der Waals surface area contributed by atoms with Crippen LogP contribution in [0, 0.1) is 11.3 Å². The monoisotopic (exact) mass is 226 g/mol. The molecule has 2 aromatic rings. The van der Waals surface area contributed by atoms with E-state index in [9.17, 15) is 0 Å². The number of nitrogens with zero attached hydrogens (tertiary/aromatic N) is 3. The number of rotatable bonds is 3. The Kier molecular flexibility index (Phi) is 3.17. The highest BCUT2D eigenvalue weighted by molar-refractivity contribution is 5.32. The Morgan fingerprint density at radius 1 is 1.24 bits per heavy atom. The number of hydrogen-bond acceptors (Lipinski definition) is 5. The standard InChI is InChI=1S/C12H10N4O/c13-7-5-9-1-3-10(4-2-9)17-12-15-8-6-11(14)16-12/h1-4,6,8H,5H2,(H2,14,15,16). The molecule has 1 heterocycles. The lowest BCUT2D eigenvalue weighted by Crippen LogP contribution is -1.95. The lowest BCUT2D eigenvalue weighted by Gasteiger charge is -2.04. The van der Waals surface area contributed by atoms with Gasteiger partial charge in [0.2, 0.25) is 0 Å². The highest BCUT2D eigenvalue weighted by Gasteiger charge is 2.00. The summed E-state index contributed by atoms with van der Waals surface area (Å²) in [6.45, 7) is 0. The van der Waals surface area contributed by atoms with E-state index in [0.29, 0.717) is 18.0 Å². The van der Waals surface area contributed by atoms with E-state index in [-0.39, 0.29) is 6.01 Å². The summed E-state index contributed by atoms with van der Waals surface area (Å²) in [5.74, 6) is 0.966. The van der Waals surface area contributed by atoms with E-state index < -0.39 is 0 Å². The van der Waals surface area contributed by atoms with E-state index in [0.717, 1.165) is 5.56 Å². The first-order chi connectivity index (χ1) is 8.28. The van der Waals surface area contributed by atoms with Crippen LogP contribution in [0.4, 0.5) is 5.82 Å². The van der Waals surface area contributed by atoms with Crippen LogP contribution >= 0.6 is 0 Å². The zero-order chi connectivity index (χ0) is 12.1. The smallest absolute Gasteiger partial charge is 0.323 e. The second kappa shape index (κ2) is 4.94. The molecule has 0 saturated heterocycles. The van der Waals surface area contributed by atoms with E-state index in [4.69, 9.17) is 15.7 Å². The fraction of sp³-hybridized carbons (Fsp3) is 0.0833. The molecule has 0 saturated carbocycles. The van der Waals surface area contributed by atoms with Crippen molar-refractivity contribution >= 4 is 5.82 Å². The van der Waals surface area contributed by atoms with Gasteiger partial charge < -0.3 is 10.5 Å². The van der Waals surface area contributed by atoms with E-state index in [1.807, 2.05) is 12.1 Å². The number of anilines is 1. The van der Waals surface area contributed by atoms with Gasteiger partial charge in [0.05, 0.1) is 12.5 Å². The van der Waals surface area contributed by atoms with Crippen LogP contribution in [-0.4, -0.2) is 9.97 Å². The Labute approximate surface area is 98.5 Å². The topological polar surface area (TPSA) is 84.8 Å². The molecule has 2 rings (SSSR count). The molecule has 2 N–H and O–H groups in total. The van der Waals surface area contributed by atoms with Crippen LogP contribution in [0.2, 0.25) is 0 Å². The summed E-state index contributed by atoms with van der Waals surface area (Å²) in [6, 6.07) is 11.0. The van der Waals surface area contributed by atoms with Crippen LogP contribution in [0.1, 0.15) is 5.56 Å². The molecular weight excluding hydrogens is 216 g/mol. The number of aromatic nitrogens is 2. The molecule has 0 atom stereocenters. The lowest BCUT2D eigenvalue weighted by molar-refractivity contribution is 0.442. The number of nitrogens with two attached hydrogens (primary N) is 1. The van der Waals surface area contributed by atoms with Gasteiger partial charge in [0, 0.05) is 6.20 Å². The van der Waals surface area contributed by atoms with Crippen molar-refractivity contribution in [2.75, 3.05) is 5.73 Å². The average Bonchev–Trinajstić information content (AvgIpc) is 2.32. The minimum atomic E-state index is 0.207. The first-order valence-electron chi connectivity index (χ1n) is 5.00. The Balaban J connectivity index is 2.11. The Morgan fingerprint density at radius 2 is 2.00 bits per heavy atom. The van der Waals surface area contributed by atoms with Gasteiger partial charge in [-0.2, -0.15) is 10.2 Å². The van der Waals surface area contributed by atoms with Crippen LogP contribution < -0.4 is 10.5 Å². The maximum absolute atomic E-state index is 8.54. The third-order valence-electron chi connectivity index (χ3n) is 2.07. The molecule has 0 amide bonds. The molecule has 0 spiro atoms. The fourth-order valence-corrected chi connectivity index (χ4v) is 1.28. The van der Waals surface area contributed by atoms with Gasteiger partial charge in [-0.05, 0) is 23.8 Å². The second-order valence-corrected chi connectivity index (χ2v) is 3.34. The Bertz CT molecular complexity index is 545. The maximum atomic E-state index is 8.54. The van der Waals surface area contributed by atoms with Gasteiger partial charge in [-0.3, -0.25) is 0 Å². The molecule has 17 heavy (non-hydrogen) atoms. The van der Waals surface area contributed by atoms with Gasteiger partial charge >= 0.3 is 6.01 Å². The SMILES string of the molecule is N#CCc1ccc(Oc2nccc(N)n2)cc1. The van der Waals surface area contributed by atoms with Crippen molar-refractivity contribution in [1.82, 2.24) is 9.97 Å². The summed E-state index contributed by atoms with van der Waals surface area (Å²) in [6.07, 6.45) is 1.91. The van der Waals surface area contributed by atoms with Gasteiger partial charge in [0.25, 0.3) is 0 Å². The Morgan fingerprint density at radius 3 is 2.65 bits per heavy atom. The molecule has 0 radical (unpaired) electrons. The van der Waals surface area contributed by atoms with Crippen LogP contribution in [0.5, 0.6) is 11.8 Å². The third-order valence-corrected chi connectivity index (χ3v) is 2.07. The number of benzene rings is 1. The third kappa shape index (κ3) is 2.92. The van der Waals surface area contributed by atoms with Crippen molar-refractivity contribution in [2.45, 2.75) is 6.42 Å². The number of nitriles is 1. The molecule has 0 fully saturated rings. The van der Waals surface area contributed by atoms with E-state index in [1.54, 1.807) is 18.2 Å². The van der Waals surface area contributed by atoms with Gasteiger partial charge in [-0.15, -0.1) is 0 Å². The van der Waals surface area contributed by atoms with Crippen LogP contribution in [0.3, 0.4) is 0 Å². The number of hydrogen-bond donors (Lipinski definition) is 1. The zero-order valence-electron chi connectivity index (χ0n) is 9.00.